The highest BCUT2D eigenvalue weighted by Crippen LogP contribution is 2.18. The van der Waals surface area contributed by atoms with E-state index in [1.54, 1.807) is 0 Å². The molecule has 0 spiro atoms. The fourth-order valence-electron chi connectivity index (χ4n) is 3.17. The standard InChI is InChI=1S/C21H24N2O2/c24-20(11-10-17-6-2-1-3-7-17)22-14-12-21(25)23-15-13-18-8-4-5-9-19(18)16-23/h1-9H,10-16H2,(H,22,24). The van der Waals surface area contributed by atoms with Crippen molar-refractivity contribution in [3.63, 3.8) is 0 Å². The van der Waals surface area contributed by atoms with E-state index < -0.39 is 0 Å². The van der Waals surface area contributed by atoms with Gasteiger partial charge in [-0.05, 0) is 29.5 Å². The summed E-state index contributed by atoms with van der Waals surface area (Å²) in [4.78, 5) is 26.1. The Kier molecular flexibility index (Phi) is 5.83. The molecule has 0 bridgehead atoms. The summed E-state index contributed by atoms with van der Waals surface area (Å²) in [5.74, 6) is 0.110. The molecule has 130 valence electrons. The fourth-order valence-corrected chi connectivity index (χ4v) is 3.17. The second kappa shape index (κ2) is 8.47. The third-order valence-electron chi connectivity index (χ3n) is 4.63. The predicted octanol–water partition coefficient (Wildman–Crippen LogP) is 2.71. The van der Waals surface area contributed by atoms with Gasteiger partial charge in [0, 0.05) is 32.5 Å². The molecule has 0 fully saturated rings. The molecule has 0 saturated carbocycles. The molecular weight excluding hydrogens is 312 g/mol. The lowest BCUT2D eigenvalue weighted by Crippen LogP contribution is -2.38. The summed E-state index contributed by atoms with van der Waals surface area (Å²) in [6.07, 6.45) is 2.45. The molecule has 0 aliphatic carbocycles. The summed E-state index contributed by atoms with van der Waals surface area (Å²) in [6, 6.07) is 18.2. The van der Waals surface area contributed by atoms with Crippen molar-refractivity contribution < 1.29 is 9.59 Å². The number of carbonyl (C=O) groups is 2. The van der Waals surface area contributed by atoms with Crippen LogP contribution in [0, 0.1) is 0 Å². The molecule has 4 heteroatoms. The van der Waals surface area contributed by atoms with E-state index >= 15 is 0 Å². The number of benzene rings is 2. The van der Waals surface area contributed by atoms with Gasteiger partial charge in [-0.25, -0.2) is 0 Å². The van der Waals surface area contributed by atoms with Crippen LogP contribution >= 0.6 is 0 Å². The van der Waals surface area contributed by atoms with E-state index in [1.807, 2.05) is 47.4 Å². The van der Waals surface area contributed by atoms with Crippen LogP contribution in [0.2, 0.25) is 0 Å². The summed E-state index contributed by atoms with van der Waals surface area (Å²) in [6.45, 7) is 1.85. The Morgan fingerprint density at radius 3 is 2.44 bits per heavy atom. The number of nitrogens with zero attached hydrogens (tertiary/aromatic N) is 1. The summed E-state index contributed by atoms with van der Waals surface area (Å²) >= 11 is 0. The zero-order valence-corrected chi connectivity index (χ0v) is 14.4. The molecule has 0 aromatic heterocycles. The molecule has 0 radical (unpaired) electrons. The molecule has 25 heavy (non-hydrogen) atoms. The smallest absolute Gasteiger partial charge is 0.224 e. The molecule has 0 atom stereocenters. The number of nitrogens with one attached hydrogen (secondary N) is 1. The molecule has 1 aliphatic rings. The van der Waals surface area contributed by atoms with Crippen molar-refractivity contribution >= 4 is 11.8 Å². The number of amides is 2. The first-order valence-electron chi connectivity index (χ1n) is 8.87. The Hall–Kier alpha value is -2.62. The zero-order valence-electron chi connectivity index (χ0n) is 14.4. The van der Waals surface area contributed by atoms with E-state index in [0.29, 0.717) is 25.9 Å². The zero-order chi connectivity index (χ0) is 17.5. The van der Waals surface area contributed by atoms with Gasteiger partial charge < -0.3 is 10.2 Å². The first kappa shape index (κ1) is 17.2. The fraction of sp³-hybridized carbons (Fsp3) is 0.333. The molecule has 2 aromatic rings. The molecule has 0 saturated heterocycles. The Morgan fingerprint density at radius 1 is 0.920 bits per heavy atom. The maximum absolute atomic E-state index is 12.3. The minimum Gasteiger partial charge on any atom is -0.356 e. The third kappa shape index (κ3) is 4.92. The van der Waals surface area contributed by atoms with Crippen molar-refractivity contribution in [3.8, 4) is 0 Å². The van der Waals surface area contributed by atoms with Crippen molar-refractivity contribution in [2.75, 3.05) is 13.1 Å². The van der Waals surface area contributed by atoms with Gasteiger partial charge in [0.25, 0.3) is 0 Å². The third-order valence-corrected chi connectivity index (χ3v) is 4.63. The highest BCUT2D eigenvalue weighted by Gasteiger charge is 2.19. The highest BCUT2D eigenvalue weighted by atomic mass is 16.2. The summed E-state index contributed by atoms with van der Waals surface area (Å²) in [5, 5.41) is 2.86. The van der Waals surface area contributed by atoms with Crippen LogP contribution in [-0.2, 0) is 29.0 Å². The molecule has 2 amide bonds. The topological polar surface area (TPSA) is 49.4 Å². The van der Waals surface area contributed by atoms with Gasteiger partial charge in [0.2, 0.25) is 11.8 Å². The lowest BCUT2D eigenvalue weighted by Gasteiger charge is -2.29. The van der Waals surface area contributed by atoms with E-state index in [0.717, 1.165) is 24.9 Å². The number of carbonyl (C=O) groups excluding carboxylic acids is 2. The summed E-state index contributed by atoms with van der Waals surface area (Å²) in [7, 11) is 0. The SMILES string of the molecule is O=C(CCc1ccccc1)NCCC(=O)N1CCc2ccccc2C1. The van der Waals surface area contributed by atoms with E-state index in [4.69, 9.17) is 0 Å². The van der Waals surface area contributed by atoms with E-state index in [9.17, 15) is 9.59 Å². The average molecular weight is 336 g/mol. The van der Waals surface area contributed by atoms with Gasteiger partial charge in [-0.15, -0.1) is 0 Å². The second-order valence-corrected chi connectivity index (χ2v) is 6.42. The van der Waals surface area contributed by atoms with Gasteiger partial charge in [-0.3, -0.25) is 9.59 Å². The molecule has 1 heterocycles. The van der Waals surface area contributed by atoms with Gasteiger partial charge in [-0.1, -0.05) is 54.6 Å². The van der Waals surface area contributed by atoms with Crippen molar-refractivity contribution in [1.82, 2.24) is 10.2 Å². The Balaban J connectivity index is 1.37. The number of fused-ring (bicyclic) bond motifs is 1. The van der Waals surface area contributed by atoms with E-state index in [2.05, 4.69) is 17.4 Å². The Bertz CT molecular complexity index is 728. The minimum atomic E-state index is 0.000595. The second-order valence-electron chi connectivity index (χ2n) is 6.42. The summed E-state index contributed by atoms with van der Waals surface area (Å²) < 4.78 is 0. The van der Waals surface area contributed by atoms with Crippen LogP contribution in [0.4, 0.5) is 0 Å². The summed E-state index contributed by atoms with van der Waals surface area (Å²) in [5.41, 5.74) is 3.72. The number of aryl methyl sites for hydroxylation is 1. The van der Waals surface area contributed by atoms with Crippen molar-refractivity contribution in [1.29, 1.82) is 0 Å². The molecule has 1 N–H and O–H groups in total. The normalized spacial score (nSPS) is 13.2. The van der Waals surface area contributed by atoms with Crippen LogP contribution in [0.5, 0.6) is 0 Å². The van der Waals surface area contributed by atoms with Crippen LogP contribution in [0.25, 0.3) is 0 Å². The molecule has 3 rings (SSSR count). The number of rotatable bonds is 6. The highest BCUT2D eigenvalue weighted by molar-refractivity contribution is 5.79. The van der Waals surface area contributed by atoms with Crippen LogP contribution in [0.1, 0.15) is 29.5 Å². The largest absolute Gasteiger partial charge is 0.356 e. The van der Waals surface area contributed by atoms with Crippen LogP contribution < -0.4 is 5.32 Å². The van der Waals surface area contributed by atoms with Crippen LogP contribution in [0.3, 0.4) is 0 Å². The molecule has 2 aromatic carbocycles. The lowest BCUT2D eigenvalue weighted by molar-refractivity contribution is -0.132. The van der Waals surface area contributed by atoms with Crippen molar-refractivity contribution in [2.24, 2.45) is 0 Å². The maximum atomic E-state index is 12.3. The van der Waals surface area contributed by atoms with Gasteiger partial charge in [-0.2, -0.15) is 0 Å². The maximum Gasteiger partial charge on any atom is 0.224 e. The van der Waals surface area contributed by atoms with Gasteiger partial charge in [0.05, 0.1) is 0 Å². The quantitative estimate of drug-likeness (QED) is 0.882. The van der Waals surface area contributed by atoms with E-state index in [1.165, 1.54) is 11.1 Å². The monoisotopic (exact) mass is 336 g/mol. The molecule has 1 aliphatic heterocycles. The van der Waals surface area contributed by atoms with Gasteiger partial charge in [0.1, 0.15) is 0 Å². The van der Waals surface area contributed by atoms with Gasteiger partial charge in [0.15, 0.2) is 0 Å². The Labute approximate surface area is 148 Å². The predicted molar refractivity (Wildman–Crippen MR) is 98.0 cm³/mol. The average Bonchev–Trinajstić information content (AvgIpc) is 2.66. The minimum absolute atomic E-state index is 0.000595. The first-order valence-corrected chi connectivity index (χ1v) is 8.87. The Morgan fingerprint density at radius 2 is 1.64 bits per heavy atom. The molecular formula is C21H24N2O2. The van der Waals surface area contributed by atoms with Crippen LogP contribution in [-0.4, -0.2) is 29.8 Å². The number of hydrogen-bond donors (Lipinski definition) is 1. The van der Waals surface area contributed by atoms with Gasteiger partial charge >= 0.3 is 0 Å². The first-order chi connectivity index (χ1) is 12.2. The molecule has 0 unspecified atom stereocenters. The number of hydrogen-bond acceptors (Lipinski definition) is 2. The van der Waals surface area contributed by atoms with Crippen LogP contribution in [0.15, 0.2) is 54.6 Å². The van der Waals surface area contributed by atoms with E-state index in [-0.39, 0.29) is 11.8 Å². The molecule has 4 nitrogen and oxygen atoms in total. The van der Waals surface area contributed by atoms with Crippen molar-refractivity contribution in [3.05, 3.63) is 71.3 Å². The lowest BCUT2D eigenvalue weighted by atomic mass is 10.00. The van der Waals surface area contributed by atoms with Crippen molar-refractivity contribution in [2.45, 2.75) is 32.2 Å².